The van der Waals surface area contributed by atoms with Crippen LogP contribution in [0.1, 0.15) is 35.1 Å². The van der Waals surface area contributed by atoms with E-state index in [0.29, 0.717) is 17.5 Å². The van der Waals surface area contributed by atoms with Crippen molar-refractivity contribution in [2.24, 2.45) is 0 Å². The van der Waals surface area contributed by atoms with Crippen molar-refractivity contribution >= 4 is 0 Å². The predicted molar refractivity (Wildman–Crippen MR) is 77.4 cm³/mol. The Morgan fingerprint density at radius 2 is 1.71 bits per heavy atom. The Hall–Kier alpha value is -1.77. The first-order valence-corrected chi connectivity index (χ1v) is 7.17. The second-order valence-corrected chi connectivity index (χ2v) is 5.78. The summed E-state index contributed by atoms with van der Waals surface area (Å²) in [6.07, 6.45) is -2.89. The first-order valence-electron chi connectivity index (χ1n) is 7.17. The zero-order valence-corrected chi connectivity index (χ0v) is 11.9. The van der Waals surface area contributed by atoms with Crippen molar-refractivity contribution in [1.29, 1.82) is 0 Å². The molecule has 0 spiro atoms. The van der Waals surface area contributed by atoms with Crippen LogP contribution < -0.4 is 0 Å². The lowest BCUT2D eigenvalue weighted by Gasteiger charge is -2.41. The lowest BCUT2D eigenvalue weighted by molar-refractivity contribution is -0.182. The second-order valence-electron chi connectivity index (χ2n) is 5.78. The van der Waals surface area contributed by atoms with E-state index in [0.717, 1.165) is 17.5 Å². The number of hydrogen-bond donors (Lipinski definition) is 0. The zero-order valence-electron chi connectivity index (χ0n) is 11.9. The fourth-order valence-electron chi connectivity index (χ4n) is 3.46. The molecule has 110 valence electrons. The van der Waals surface area contributed by atoms with E-state index in [9.17, 15) is 13.2 Å². The van der Waals surface area contributed by atoms with Gasteiger partial charge in [0.05, 0.1) is 0 Å². The Labute approximate surface area is 122 Å². The van der Waals surface area contributed by atoms with E-state index in [-0.39, 0.29) is 6.42 Å². The Morgan fingerprint density at radius 1 is 1.00 bits per heavy atom. The van der Waals surface area contributed by atoms with Crippen LogP contribution in [0.25, 0.3) is 0 Å². The molecule has 1 aliphatic carbocycles. The number of rotatable bonds is 1. The molecule has 0 N–H and O–H groups in total. The number of halogens is 3. The van der Waals surface area contributed by atoms with Crippen molar-refractivity contribution in [2.75, 3.05) is 0 Å². The standard InChI is InChI=1S/C18H17F3/c1-13-9-10-14-6-5-11-17(16(14)12-13,18(19,20)21)15-7-3-2-4-8-15/h2-4,7-10,12H,5-6,11H2,1H3. The molecule has 0 bridgehead atoms. The Morgan fingerprint density at radius 3 is 2.38 bits per heavy atom. The SMILES string of the molecule is Cc1ccc2c(c1)C(c1ccccc1)(C(F)(F)F)CCC2. The summed E-state index contributed by atoms with van der Waals surface area (Å²) in [7, 11) is 0. The molecule has 0 aromatic heterocycles. The van der Waals surface area contributed by atoms with Gasteiger partial charge in [0.1, 0.15) is 5.41 Å². The van der Waals surface area contributed by atoms with Crippen molar-refractivity contribution in [1.82, 2.24) is 0 Å². The van der Waals surface area contributed by atoms with E-state index in [1.807, 2.05) is 19.1 Å². The predicted octanol–water partition coefficient (Wildman–Crippen LogP) is 5.18. The minimum absolute atomic E-state index is 0.122. The zero-order chi connectivity index (χ0) is 15.1. The average Bonchev–Trinajstić information content (AvgIpc) is 2.46. The quantitative estimate of drug-likeness (QED) is 0.679. The lowest BCUT2D eigenvalue weighted by Crippen LogP contribution is -2.46. The fourth-order valence-corrected chi connectivity index (χ4v) is 3.46. The van der Waals surface area contributed by atoms with Crippen LogP contribution in [0, 0.1) is 6.92 Å². The summed E-state index contributed by atoms with van der Waals surface area (Å²) in [6, 6.07) is 13.8. The van der Waals surface area contributed by atoms with Gasteiger partial charge in [0.15, 0.2) is 0 Å². The molecule has 3 heteroatoms. The van der Waals surface area contributed by atoms with Crippen molar-refractivity contribution in [2.45, 2.75) is 37.8 Å². The fraction of sp³-hybridized carbons (Fsp3) is 0.333. The second kappa shape index (κ2) is 4.90. The molecular weight excluding hydrogens is 273 g/mol. The van der Waals surface area contributed by atoms with Crippen LogP contribution in [-0.4, -0.2) is 6.18 Å². The molecular formula is C18H17F3. The molecule has 0 amide bonds. The van der Waals surface area contributed by atoms with Crippen LogP contribution in [0.2, 0.25) is 0 Å². The Kier molecular flexibility index (Phi) is 3.31. The highest BCUT2D eigenvalue weighted by Crippen LogP contribution is 2.53. The summed E-state index contributed by atoms with van der Waals surface area (Å²) >= 11 is 0. The van der Waals surface area contributed by atoms with Gasteiger partial charge in [-0.3, -0.25) is 0 Å². The monoisotopic (exact) mass is 290 g/mol. The molecule has 21 heavy (non-hydrogen) atoms. The molecule has 0 fully saturated rings. The van der Waals surface area contributed by atoms with E-state index in [2.05, 4.69) is 0 Å². The van der Waals surface area contributed by atoms with Gasteiger partial charge in [-0.15, -0.1) is 0 Å². The first kappa shape index (κ1) is 14.2. The third-order valence-electron chi connectivity index (χ3n) is 4.47. The molecule has 0 nitrogen and oxygen atoms in total. The van der Waals surface area contributed by atoms with E-state index >= 15 is 0 Å². The number of benzene rings is 2. The molecule has 1 aliphatic rings. The lowest BCUT2D eigenvalue weighted by atomic mass is 9.65. The first-order chi connectivity index (χ1) is 9.95. The molecule has 0 heterocycles. The van der Waals surface area contributed by atoms with Crippen LogP contribution in [0.4, 0.5) is 13.2 Å². The van der Waals surface area contributed by atoms with Crippen molar-refractivity contribution in [3.05, 3.63) is 70.8 Å². The smallest absolute Gasteiger partial charge is 0.170 e. The van der Waals surface area contributed by atoms with Crippen LogP contribution in [-0.2, 0) is 11.8 Å². The highest BCUT2D eigenvalue weighted by Gasteiger charge is 2.58. The maximum atomic E-state index is 14.1. The summed E-state index contributed by atoms with van der Waals surface area (Å²) in [5, 5.41) is 0. The normalized spacial score (nSPS) is 21.9. The maximum Gasteiger partial charge on any atom is 0.402 e. The van der Waals surface area contributed by atoms with Gasteiger partial charge in [-0.05, 0) is 42.9 Å². The summed E-state index contributed by atoms with van der Waals surface area (Å²) in [6.45, 7) is 1.85. The van der Waals surface area contributed by atoms with Crippen LogP contribution in [0.5, 0.6) is 0 Å². The van der Waals surface area contributed by atoms with Crippen LogP contribution in [0.3, 0.4) is 0 Å². The van der Waals surface area contributed by atoms with Gasteiger partial charge in [-0.1, -0.05) is 54.1 Å². The van der Waals surface area contributed by atoms with E-state index in [4.69, 9.17) is 0 Å². The van der Waals surface area contributed by atoms with Gasteiger partial charge in [0.25, 0.3) is 0 Å². The number of aryl methyl sites for hydroxylation is 2. The van der Waals surface area contributed by atoms with E-state index in [1.165, 1.54) is 0 Å². The van der Waals surface area contributed by atoms with Gasteiger partial charge in [-0.2, -0.15) is 13.2 Å². The van der Waals surface area contributed by atoms with Crippen LogP contribution in [0.15, 0.2) is 48.5 Å². The van der Waals surface area contributed by atoms with E-state index in [1.54, 1.807) is 36.4 Å². The summed E-state index contributed by atoms with van der Waals surface area (Å²) in [4.78, 5) is 0. The summed E-state index contributed by atoms with van der Waals surface area (Å²) in [5.41, 5.74) is 0.623. The van der Waals surface area contributed by atoms with Gasteiger partial charge >= 0.3 is 6.18 Å². The third kappa shape index (κ3) is 2.15. The Bertz CT molecular complexity index is 643. The molecule has 0 radical (unpaired) electrons. The number of fused-ring (bicyclic) bond motifs is 1. The van der Waals surface area contributed by atoms with Crippen molar-refractivity contribution in [3.8, 4) is 0 Å². The molecule has 0 saturated heterocycles. The highest BCUT2D eigenvalue weighted by atomic mass is 19.4. The Balaban J connectivity index is 2.32. The molecule has 1 unspecified atom stereocenters. The van der Waals surface area contributed by atoms with Crippen molar-refractivity contribution < 1.29 is 13.2 Å². The van der Waals surface area contributed by atoms with Crippen molar-refractivity contribution in [3.63, 3.8) is 0 Å². The van der Waals surface area contributed by atoms with Gasteiger partial charge in [0.2, 0.25) is 0 Å². The summed E-state index contributed by atoms with van der Waals surface area (Å²) in [5.74, 6) is 0. The topological polar surface area (TPSA) is 0 Å². The van der Waals surface area contributed by atoms with Gasteiger partial charge in [-0.25, -0.2) is 0 Å². The molecule has 0 aliphatic heterocycles. The average molecular weight is 290 g/mol. The van der Waals surface area contributed by atoms with E-state index < -0.39 is 11.6 Å². The molecule has 0 saturated carbocycles. The molecule has 2 aromatic rings. The molecule has 1 atom stereocenters. The molecule has 3 rings (SSSR count). The minimum Gasteiger partial charge on any atom is -0.170 e. The summed E-state index contributed by atoms with van der Waals surface area (Å²) < 4.78 is 42.3. The van der Waals surface area contributed by atoms with Crippen LogP contribution >= 0.6 is 0 Å². The highest BCUT2D eigenvalue weighted by molar-refractivity contribution is 5.48. The number of hydrogen-bond acceptors (Lipinski definition) is 0. The number of alkyl halides is 3. The molecule has 2 aromatic carbocycles. The maximum absolute atomic E-state index is 14.1. The van der Waals surface area contributed by atoms with Gasteiger partial charge in [0, 0.05) is 0 Å². The minimum atomic E-state index is -4.29. The third-order valence-corrected chi connectivity index (χ3v) is 4.47. The van der Waals surface area contributed by atoms with Gasteiger partial charge < -0.3 is 0 Å². The largest absolute Gasteiger partial charge is 0.402 e.